The maximum Gasteiger partial charge on any atom is 0.191 e. The normalized spacial score (nSPS) is 17.1. The number of halogens is 1. The lowest BCUT2D eigenvalue weighted by Crippen LogP contribution is -2.49. The predicted molar refractivity (Wildman–Crippen MR) is 124 cm³/mol. The first kappa shape index (κ1) is 23.5. The maximum atomic E-state index is 5.81. The van der Waals surface area contributed by atoms with Gasteiger partial charge in [0.1, 0.15) is 0 Å². The van der Waals surface area contributed by atoms with E-state index in [1.165, 1.54) is 5.00 Å². The van der Waals surface area contributed by atoms with E-state index in [9.17, 15) is 0 Å². The highest BCUT2D eigenvalue weighted by atomic mass is 127. The average Bonchev–Trinajstić information content (AvgIpc) is 3.15. The first-order valence-corrected chi connectivity index (χ1v) is 10.4. The fourth-order valence-corrected chi connectivity index (χ4v) is 4.02. The molecule has 1 aromatic heterocycles. The second-order valence-electron chi connectivity index (χ2n) is 6.88. The summed E-state index contributed by atoms with van der Waals surface area (Å²) in [6.45, 7) is 10.4. The standard InChI is InChI=1S/C19H34N4OS.HI/c1-5-24-17(15(2)3)8-11-21-19(20-4)22-16-9-12-23(13-10-16)18-7-6-14-25-18;/h6-7,14-17H,5,8-13H2,1-4H3,(H2,20,21,22);1H. The van der Waals surface area contributed by atoms with Crippen LogP contribution in [0.5, 0.6) is 0 Å². The van der Waals surface area contributed by atoms with Gasteiger partial charge in [-0.25, -0.2) is 0 Å². The van der Waals surface area contributed by atoms with E-state index in [0.717, 1.165) is 51.5 Å². The Labute approximate surface area is 180 Å². The van der Waals surface area contributed by atoms with Crippen molar-refractivity contribution in [2.75, 3.05) is 38.2 Å². The molecule has 5 nitrogen and oxygen atoms in total. The highest BCUT2D eigenvalue weighted by molar-refractivity contribution is 14.0. The van der Waals surface area contributed by atoms with Crippen LogP contribution in [0.3, 0.4) is 0 Å². The lowest BCUT2D eigenvalue weighted by atomic mass is 10.0. The van der Waals surface area contributed by atoms with Crippen LogP contribution in [0.2, 0.25) is 0 Å². The summed E-state index contributed by atoms with van der Waals surface area (Å²) in [6, 6.07) is 4.83. The number of thiophene rings is 1. The highest BCUT2D eigenvalue weighted by Gasteiger charge is 2.21. The molecule has 26 heavy (non-hydrogen) atoms. The molecule has 2 heterocycles. The maximum absolute atomic E-state index is 5.81. The molecule has 0 aromatic carbocycles. The Morgan fingerprint density at radius 3 is 2.65 bits per heavy atom. The summed E-state index contributed by atoms with van der Waals surface area (Å²) in [4.78, 5) is 6.86. The zero-order chi connectivity index (χ0) is 18.1. The number of nitrogens with one attached hydrogen (secondary N) is 2. The van der Waals surface area contributed by atoms with Crippen molar-refractivity contribution in [2.24, 2.45) is 10.9 Å². The molecule has 0 saturated carbocycles. The van der Waals surface area contributed by atoms with Gasteiger partial charge in [0.25, 0.3) is 0 Å². The van der Waals surface area contributed by atoms with Gasteiger partial charge in [-0.15, -0.1) is 35.3 Å². The van der Waals surface area contributed by atoms with Crippen LogP contribution in [-0.4, -0.2) is 51.4 Å². The van der Waals surface area contributed by atoms with Crippen molar-refractivity contribution in [1.29, 1.82) is 0 Å². The number of ether oxygens (including phenoxy) is 1. The van der Waals surface area contributed by atoms with Gasteiger partial charge in [-0.1, -0.05) is 13.8 Å². The molecule has 0 bridgehead atoms. The van der Waals surface area contributed by atoms with Gasteiger partial charge >= 0.3 is 0 Å². The zero-order valence-corrected chi connectivity index (χ0v) is 19.7. The third-order valence-electron chi connectivity index (χ3n) is 4.72. The number of hydrogen-bond acceptors (Lipinski definition) is 4. The largest absolute Gasteiger partial charge is 0.378 e. The van der Waals surface area contributed by atoms with E-state index in [1.54, 1.807) is 0 Å². The molecule has 0 amide bonds. The quantitative estimate of drug-likeness (QED) is 0.327. The third kappa shape index (κ3) is 7.60. The summed E-state index contributed by atoms with van der Waals surface area (Å²) in [5.41, 5.74) is 0. The molecule has 1 aliphatic rings. The van der Waals surface area contributed by atoms with Crippen LogP contribution in [0.1, 0.15) is 40.0 Å². The van der Waals surface area contributed by atoms with Crippen LogP contribution in [0, 0.1) is 5.92 Å². The van der Waals surface area contributed by atoms with Crippen molar-refractivity contribution < 1.29 is 4.74 Å². The van der Waals surface area contributed by atoms with Gasteiger partial charge < -0.3 is 20.3 Å². The Hall–Kier alpha value is -0.540. The van der Waals surface area contributed by atoms with Crippen molar-refractivity contribution in [3.63, 3.8) is 0 Å². The van der Waals surface area contributed by atoms with Crippen LogP contribution >= 0.6 is 35.3 Å². The van der Waals surface area contributed by atoms with Crippen molar-refractivity contribution in [1.82, 2.24) is 10.6 Å². The molecule has 2 N–H and O–H groups in total. The Morgan fingerprint density at radius 2 is 2.12 bits per heavy atom. The fraction of sp³-hybridized carbons (Fsp3) is 0.737. The van der Waals surface area contributed by atoms with Crippen LogP contribution < -0.4 is 15.5 Å². The van der Waals surface area contributed by atoms with Crippen LogP contribution in [-0.2, 0) is 4.74 Å². The SMILES string of the molecule is CCOC(CCNC(=NC)NC1CCN(c2cccs2)CC1)C(C)C.I. The summed E-state index contributed by atoms with van der Waals surface area (Å²) >= 11 is 1.83. The molecule has 1 unspecified atom stereocenters. The lowest BCUT2D eigenvalue weighted by molar-refractivity contribution is 0.0258. The minimum absolute atomic E-state index is 0. The summed E-state index contributed by atoms with van der Waals surface area (Å²) in [7, 11) is 1.85. The average molecular weight is 494 g/mol. The molecular weight excluding hydrogens is 459 g/mol. The van der Waals surface area contributed by atoms with Gasteiger partial charge in [0, 0.05) is 39.3 Å². The van der Waals surface area contributed by atoms with Crippen molar-refractivity contribution >= 4 is 46.3 Å². The molecule has 1 atom stereocenters. The van der Waals surface area contributed by atoms with Crippen LogP contribution in [0.4, 0.5) is 5.00 Å². The molecule has 1 saturated heterocycles. The molecule has 1 aromatic rings. The molecule has 0 aliphatic carbocycles. The van der Waals surface area contributed by atoms with Gasteiger partial charge in [0.15, 0.2) is 5.96 Å². The number of guanidine groups is 1. The van der Waals surface area contributed by atoms with E-state index in [2.05, 4.69) is 58.8 Å². The molecule has 0 radical (unpaired) electrons. The minimum atomic E-state index is 0. The third-order valence-corrected chi connectivity index (χ3v) is 5.65. The van der Waals surface area contributed by atoms with Crippen molar-refractivity contribution in [3.05, 3.63) is 17.5 Å². The van der Waals surface area contributed by atoms with E-state index in [1.807, 2.05) is 18.4 Å². The topological polar surface area (TPSA) is 48.9 Å². The first-order valence-electron chi connectivity index (χ1n) is 9.51. The smallest absolute Gasteiger partial charge is 0.191 e. The van der Waals surface area contributed by atoms with Gasteiger partial charge in [-0.05, 0) is 49.6 Å². The summed E-state index contributed by atoms with van der Waals surface area (Å²) < 4.78 is 5.81. The van der Waals surface area contributed by atoms with E-state index in [4.69, 9.17) is 4.74 Å². The Morgan fingerprint density at radius 1 is 1.38 bits per heavy atom. The van der Waals surface area contributed by atoms with Gasteiger partial charge in [-0.2, -0.15) is 0 Å². The summed E-state index contributed by atoms with van der Waals surface area (Å²) in [6.07, 6.45) is 3.60. The number of piperidine rings is 1. The van der Waals surface area contributed by atoms with E-state index < -0.39 is 0 Å². The number of aliphatic imine (C=N–C) groups is 1. The molecule has 1 aliphatic heterocycles. The summed E-state index contributed by atoms with van der Waals surface area (Å²) in [5.74, 6) is 1.45. The number of anilines is 1. The molecule has 7 heteroatoms. The van der Waals surface area contributed by atoms with Crippen molar-refractivity contribution in [3.8, 4) is 0 Å². The summed E-state index contributed by atoms with van der Waals surface area (Å²) in [5, 5.41) is 10.6. The van der Waals surface area contributed by atoms with Crippen LogP contribution in [0.25, 0.3) is 0 Å². The second-order valence-corrected chi connectivity index (χ2v) is 7.81. The minimum Gasteiger partial charge on any atom is -0.378 e. The monoisotopic (exact) mass is 494 g/mol. The highest BCUT2D eigenvalue weighted by Crippen LogP contribution is 2.24. The van der Waals surface area contributed by atoms with E-state index in [0.29, 0.717) is 18.1 Å². The molecule has 0 spiro atoms. The van der Waals surface area contributed by atoms with Crippen LogP contribution in [0.15, 0.2) is 22.5 Å². The van der Waals surface area contributed by atoms with Gasteiger partial charge in [0.2, 0.25) is 0 Å². The lowest BCUT2D eigenvalue weighted by Gasteiger charge is -2.33. The Bertz CT molecular complexity index is 502. The second kappa shape index (κ2) is 12.8. The fourth-order valence-electron chi connectivity index (χ4n) is 3.24. The van der Waals surface area contributed by atoms with Crippen molar-refractivity contribution in [2.45, 2.75) is 52.2 Å². The molecular formula is C19H35IN4OS. The van der Waals surface area contributed by atoms with Gasteiger partial charge in [-0.3, -0.25) is 4.99 Å². The zero-order valence-electron chi connectivity index (χ0n) is 16.5. The Balaban J connectivity index is 0.00000338. The Kier molecular flexibility index (Phi) is 11.5. The number of nitrogens with zero attached hydrogens (tertiary/aromatic N) is 2. The first-order chi connectivity index (χ1) is 12.1. The number of rotatable bonds is 8. The predicted octanol–water partition coefficient (Wildman–Crippen LogP) is 3.95. The van der Waals surface area contributed by atoms with E-state index in [-0.39, 0.29) is 24.0 Å². The molecule has 150 valence electrons. The number of hydrogen-bond donors (Lipinski definition) is 2. The molecule has 2 rings (SSSR count). The van der Waals surface area contributed by atoms with Gasteiger partial charge in [0.05, 0.1) is 11.1 Å². The molecule has 1 fully saturated rings. The van der Waals surface area contributed by atoms with E-state index >= 15 is 0 Å².